The van der Waals surface area contributed by atoms with Gasteiger partial charge in [-0.15, -0.1) is 11.3 Å². The first-order chi connectivity index (χ1) is 10.1. The number of carboxylic acids is 1. The zero-order valence-corrected chi connectivity index (χ0v) is 12.1. The van der Waals surface area contributed by atoms with Crippen molar-refractivity contribution in [1.82, 2.24) is 4.98 Å². The molecule has 7 heteroatoms. The van der Waals surface area contributed by atoms with Gasteiger partial charge in [-0.3, -0.25) is 4.98 Å². The van der Waals surface area contributed by atoms with E-state index in [4.69, 9.17) is 27.2 Å². The summed E-state index contributed by atoms with van der Waals surface area (Å²) in [7, 11) is 0. The predicted octanol–water partition coefficient (Wildman–Crippen LogP) is 4.02. The van der Waals surface area contributed by atoms with E-state index in [9.17, 15) is 4.79 Å². The Morgan fingerprint density at radius 1 is 1.29 bits per heavy atom. The van der Waals surface area contributed by atoms with Gasteiger partial charge in [-0.25, -0.2) is 4.79 Å². The molecular weight excluding hydrogens is 312 g/mol. The zero-order chi connectivity index (χ0) is 15.0. The lowest BCUT2D eigenvalue weighted by molar-refractivity contribution is 0.0703. The van der Waals surface area contributed by atoms with Crippen molar-refractivity contribution in [3.05, 3.63) is 46.6 Å². The largest absolute Gasteiger partial charge is 0.477 e. The monoisotopic (exact) mass is 320 g/mol. The summed E-state index contributed by atoms with van der Waals surface area (Å²) < 4.78 is 6.40. The van der Waals surface area contributed by atoms with E-state index in [1.807, 2.05) is 0 Å². The van der Waals surface area contributed by atoms with Crippen molar-refractivity contribution < 1.29 is 14.6 Å². The summed E-state index contributed by atoms with van der Waals surface area (Å²) >= 11 is 6.89. The van der Waals surface area contributed by atoms with Crippen molar-refractivity contribution in [3.63, 3.8) is 0 Å². The third kappa shape index (κ3) is 2.51. The number of ether oxygens (including phenoxy) is 1. The number of benzene rings is 1. The molecule has 3 rings (SSSR count). The second-order valence-electron chi connectivity index (χ2n) is 4.22. The number of nitrogens with zero attached hydrogens (tertiary/aromatic N) is 1. The second kappa shape index (κ2) is 5.23. The Bertz CT molecular complexity index is 830. The lowest BCUT2D eigenvalue weighted by Gasteiger charge is -2.07. The van der Waals surface area contributed by atoms with Crippen LogP contribution < -0.4 is 10.5 Å². The Morgan fingerprint density at radius 3 is 2.67 bits per heavy atom. The molecule has 0 atom stereocenters. The molecule has 21 heavy (non-hydrogen) atoms. The summed E-state index contributed by atoms with van der Waals surface area (Å²) in [6.45, 7) is 0. The normalized spacial score (nSPS) is 10.7. The van der Waals surface area contributed by atoms with Crippen molar-refractivity contribution in [2.45, 2.75) is 0 Å². The third-order valence-electron chi connectivity index (χ3n) is 2.84. The number of anilines is 1. The molecule has 0 fully saturated rings. The Labute approximate surface area is 128 Å². The Morgan fingerprint density at radius 2 is 2.00 bits per heavy atom. The van der Waals surface area contributed by atoms with Crippen molar-refractivity contribution in [3.8, 4) is 11.5 Å². The van der Waals surface area contributed by atoms with E-state index in [-0.39, 0.29) is 10.6 Å². The molecule has 3 aromatic rings. The van der Waals surface area contributed by atoms with Gasteiger partial charge in [0.2, 0.25) is 0 Å². The summed E-state index contributed by atoms with van der Waals surface area (Å²) in [5.74, 6) is -0.0848. The van der Waals surface area contributed by atoms with Crippen LogP contribution in [0.5, 0.6) is 11.5 Å². The molecule has 0 aliphatic heterocycles. The molecule has 0 unspecified atom stereocenters. The van der Waals surface area contributed by atoms with Gasteiger partial charge in [-0.2, -0.15) is 0 Å². The van der Waals surface area contributed by atoms with Crippen LogP contribution in [0.15, 0.2) is 36.7 Å². The Kier molecular flexibility index (Phi) is 3.40. The first kappa shape index (κ1) is 13.7. The van der Waals surface area contributed by atoms with Gasteiger partial charge >= 0.3 is 5.97 Å². The maximum absolute atomic E-state index is 11.2. The fourth-order valence-electron chi connectivity index (χ4n) is 1.91. The van der Waals surface area contributed by atoms with Crippen molar-refractivity contribution in [1.29, 1.82) is 0 Å². The number of carbonyl (C=O) groups is 1. The average Bonchev–Trinajstić information content (AvgIpc) is 2.80. The van der Waals surface area contributed by atoms with Crippen molar-refractivity contribution in [2.24, 2.45) is 0 Å². The van der Waals surface area contributed by atoms with Gasteiger partial charge in [-0.1, -0.05) is 11.6 Å². The number of fused-ring (bicyclic) bond motifs is 1. The molecule has 0 saturated heterocycles. The topological polar surface area (TPSA) is 85.4 Å². The van der Waals surface area contributed by atoms with Crippen LogP contribution in [-0.2, 0) is 0 Å². The van der Waals surface area contributed by atoms with Gasteiger partial charge in [-0.05, 0) is 24.3 Å². The van der Waals surface area contributed by atoms with E-state index in [0.29, 0.717) is 26.6 Å². The minimum Gasteiger partial charge on any atom is -0.477 e. The number of nitrogen functional groups attached to an aromatic ring is 1. The van der Waals surface area contributed by atoms with Crippen LogP contribution in [0.2, 0.25) is 5.02 Å². The highest BCUT2D eigenvalue weighted by Gasteiger charge is 2.19. The molecule has 0 bridgehead atoms. The number of pyridine rings is 1. The molecule has 0 aliphatic carbocycles. The molecule has 5 nitrogen and oxygen atoms in total. The fraction of sp³-hybridized carbons (Fsp3) is 0. The van der Waals surface area contributed by atoms with Gasteiger partial charge in [0, 0.05) is 11.2 Å². The van der Waals surface area contributed by atoms with E-state index >= 15 is 0 Å². The molecule has 2 heterocycles. The van der Waals surface area contributed by atoms with Gasteiger partial charge in [0.25, 0.3) is 0 Å². The van der Waals surface area contributed by atoms with E-state index in [1.54, 1.807) is 30.5 Å². The number of hydrogen-bond acceptors (Lipinski definition) is 5. The number of hydrogen-bond donors (Lipinski definition) is 2. The van der Waals surface area contributed by atoms with Gasteiger partial charge in [0.15, 0.2) is 5.75 Å². The van der Waals surface area contributed by atoms with Gasteiger partial charge < -0.3 is 15.6 Å². The van der Waals surface area contributed by atoms with Crippen LogP contribution in [-0.4, -0.2) is 16.1 Å². The van der Waals surface area contributed by atoms with Crippen LogP contribution in [0.4, 0.5) is 5.69 Å². The highest BCUT2D eigenvalue weighted by Crippen LogP contribution is 2.40. The Hall–Kier alpha value is -2.31. The van der Waals surface area contributed by atoms with Crippen LogP contribution >= 0.6 is 22.9 Å². The third-order valence-corrected chi connectivity index (χ3v) is 4.22. The van der Waals surface area contributed by atoms with Crippen LogP contribution in [0.3, 0.4) is 0 Å². The number of halogens is 1. The molecule has 2 aromatic heterocycles. The summed E-state index contributed by atoms with van der Waals surface area (Å²) in [5, 5.41) is 10.3. The first-order valence-electron chi connectivity index (χ1n) is 5.89. The number of aromatic carboxylic acids is 1. The quantitative estimate of drug-likeness (QED) is 0.761. The van der Waals surface area contributed by atoms with Crippen molar-refractivity contribution >= 4 is 44.7 Å². The van der Waals surface area contributed by atoms with Crippen LogP contribution in [0.1, 0.15) is 9.67 Å². The SMILES string of the molecule is Nc1c(C(=O)O)sc2cncc(Oc3ccc(Cl)cc3)c12. The van der Waals surface area contributed by atoms with Crippen LogP contribution in [0, 0.1) is 0 Å². The highest BCUT2D eigenvalue weighted by atomic mass is 35.5. The van der Waals surface area contributed by atoms with E-state index in [2.05, 4.69) is 4.98 Å². The van der Waals surface area contributed by atoms with E-state index in [0.717, 1.165) is 11.3 Å². The standard InChI is InChI=1S/C14H9ClN2O3S/c15-7-1-3-8(4-2-7)20-9-5-17-6-10-11(9)12(16)13(21-10)14(18)19/h1-6H,16H2,(H,18,19). The number of thiophene rings is 1. The number of aromatic nitrogens is 1. The fourth-order valence-corrected chi connectivity index (χ4v) is 2.98. The van der Waals surface area contributed by atoms with Gasteiger partial charge in [0.05, 0.1) is 22.0 Å². The molecule has 0 aliphatic rings. The minimum atomic E-state index is -1.06. The Balaban J connectivity index is 2.10. The smallest absolute Gasteiger partial charge is 0.348 e. The summed E-state index contributed by atoms with van der Waals surface area (Å²) in [6.07, 6.45) is 3.07. The average molecular weight is 321 g/mol. The predicted molar refractivity (Wildman–Crippen MR) is 82.5 cm³/mol. The van der Waals surface area contributed by atoms with E-state index in [1.165, 1.54) is 6.20 Å². The summed E-state index contributed by atoms with van der Waals surface area (Å²) in [5.41, 5.74) is 6.11. The lowest BCUT2D eigenvalue weighted by atomic mass is 10.2. The number of carboxylic acid groups (broad SMARTS) is 1. The summed E-state index contributed by atoms with van der Waals surface area (Å²) in [6, 6.07) is 6.82. The maximum atomic E-state index is 11.2. The maximum Gasteiger partial charge on any atom is 0.348 e. The number of rotatable bonds is 3. The highest BCUT2D eigenvalue weighted by molar-refractivity contribution is 7.21. The molecule has 0 saturated carbocycles. The lowest BCUT2D eigenvalue weighted by Crippen LogP contribution is -1.97. The zero-order valence-electron chi connectivity index (χ0n) is 10.5. The molecular formula is C14H9ClN2O3S. The molecule has 0 amide bonds. The number of nitrogens with two attached hydrogens (primary N) is 1. The molecule has 106 valence electrons. The van der Waals surface area contributed by atoms with Crippen molar-refractivity contribution in [2.75, 3.05) is 5.73 Å². The minimum absolute atomic E-state index is 0.0824. The molecule has 1 aromatic carbocycles. The second-order valence-corrected chi connectivity index (χ2v) is 5.71. The van der Waals surface area contributed by atoms with E-state index < -0.39 is 5.97 Å². The molecule has 0 radical (unpaired) electrons. The molecule has 3 N–H and O–H groups in total. The van der Waals surface area contributed by atoms with Gasteiger partial charge in [0.1, 0.15) is 10.6 Å². The van der Waals surface area contributed by atoms with Crippen LogP contribution in [0.25, 0.3) is 10.1 Å². The summed E-state index contributed by atoms with van der Waals surface area (Å²) in [4.78, 5) is 15.3. The first-order valence-corrected chi connectivity index (χ1v) is 7.08. The molecule has 0 spiro atoms.